The number of carbonyl (C=O) groups excluding carboxylic acids is 1. The van der Waals surface area contributed by atoms with E-state index in [4.69, 9.17) is 22.1 Å². The van der Waals surface area contributed by atoms with Gasteiger partial charge < -0.3 is 10.5 Å². The molecule has 2 aromatic carbocycles. The molecule has 0 spiro atoms. The van der Waals surface area contributed by atoms with Gasteiger partial charge in [-0.1, -0.05) is 35.9 Å². The molecule has 0 amide bonds. The number of hydrogen-bond donors (Lipinski definition) is 1. The minimum atomic E-state index is -4.71. The Morgan fingerprint density at radius 1 is 1.17 bits per heavy atom. The summed E-state index contributed by atoms with van der Waals surface area (Å²) in [5.74, 6) is 0.374. The summed E-state index contributed by atoms with van der Waals surface area (Å²) in [5, 5.41) is 0.277. The minimum absolute atomic E-state index is 0.0437. The van der Waals surface area contributed by atoms with E-state index >= 15 is 0 Å². The summed E-state index contributed by atoms with van der Waals surface area (Å²) in [5.41, 5.74) is 4.75. The SMILES string of the molecule is CSCCCOC(=O)c1ccc(C(C=C(N)C(F)(F)F)=Nc2ccccc2Cl)cc1. The fourth-order valence-corrected chi connectivity index (χ4v) is 2.89. The highest BCUT2D eigenvalue weighted by Crippen LogP contribution is 2.27. The predicted octanol–water partition coefficient (Wildman–Crippen LogP) is 5.78. The number of carbonyl (C=O) groups is 1. The van der Waals surface area contributed by atoms with E-state index in [0.29, 0.717) is 12.2 Å². The van der Waals surface area contributed by atoms with E-state index in [1.807, 2.05) is 6.26 Å². The van der Waals surface area contributed by atoms with Crippen LogP contribution >= 0.6 is 23.4 Å². The molecule has 0 aliphatic heterocycles. The Kier molecular flexibility index (Phi) is 8.80. The Labute approximate surface area is 182 Å². The van der Waals surface area contributed by atoms with Gasteiger partial charge in [-0.05, 0) is 48.8 Å². The average Bonchev–Trinajstić information content (AvgIpc) is 2.71. The van der Waals surface area contributed by atoms with Crippen molar-refractivity contribution in [3.63, 3.8) is 0 Å². The summed E-state index contributed by atoms with van der Waals surface area (Å²) in [6, 6.07) is 12.4. The van der Waals surface area contributed by atoms with Crippen molar-refractivity contribution in [3.05, 3.63) is 76.5 Å². The predicted molar refractivity (Wildman–Crippen MR) is 116 cm³/mol. The van der Waals surface area contributed by atoms with Gasteiger partial charge in [-0.25, -0.2) is 9.79 Å². The highest BCUT2D eigenvalue weighted by Gasteiger charge is 2.31. The van der Waals surface area contributed by atoms with E-state index < -0.39 is 17.8 Å². The summed E-state index contributed by atoms with van der Waals surface area (Å²) in [4.78, 5) is 16.3. The van der Waals surface area contributed by atoms with Crippen LogP contribution in [0.3, 0.4) is 0 Å². The largest absolute Gasteiger partial charge is 0.462 e. The third-order valence-electron chi connectivity index (χ3n) is 3.86. The molecule has 9 heteroatoms. The van der Waals surface area contributed by atoms with Gasteiger partial charge in [-0.15, -0.1) is 0 Å². The lowest BCUT2D eigenvalue weighted by molar-refractivity contribution is -0.0925. The van der Waals surface area contributed by atoms with Crippen molar-refractivity contribution in [2.75, 3.05) is 18.6 Å². The second-order valence-corrected chi connectivity index (χ2v) is 7.50. The second-order valence-electron chi connectivity index (χ2n) is 6.11. The highest BCUT2D eigenvalue weighted by molar-refractivity contribution is 7.98. The molecular weight excluding hydrogens is 437 g/mol. The first-order valence-corrected chi connectivity index (χ1v) is 10.6. The van der Waals surface area contributed by atoms with Gasteiger partial charge in [-0.2, -0.15) is 24.9 Å². The molecule has 0 saturated heterocycles. The van der Waals surface area contributed by atoms with E-state index in [9.17, 15) is 18.0 Å². The van der Waals surface area contributed by atoms with Crippen molar-refractivity contribution in [2.45, 2.75) is 12.6 Å². The third kappa shape index (κ3) is 7.11. The molecule has 30 heavy (non-hydrogen) atoms. The summed E-state index contributed by atoms with van der Waals surface area (Å²) in [6.45, 7) is 0.297. The third-order valence-corrected chi connectivity index (χ3v) is 4.87. The van der Waals surface area contributed by atoms with E-state index in [1.165, 1.54) is 24.3 Å². The summed E-state index contributed by atoms with van der Waals surface area (Å²) in [7, 11) is 0. The molecule has 0 fully saturated rings. The van der Waals surface area contributed by atoms with Crippen molar-refractivity contribution in [1.29, 1.82) is 0 Å². The summed E-state index contributed by atoms with van der Waals surface area (Å²) in [6.07, 6.45) is -1.27. The van der Waals surface area contributed by atoms with Gasteiger partial charge >= 0.3 is 12.1 Å². The molecule has 2 aromatic rings. The molecule has 0 aromatic heterocycles. The molecular formula is C21H20ClF3N2O2S. The van der Waals surface area contributed by atoms with E-state index in [0.717, 1.165) is 18.2 Å². The molecule has 4 nitrogen and oxygen atoms in total. The van der Waals surface area contributed by atoms with Crippen molar-refractivity contribution in [3.8, 4) is 0 Å². The van der Waals surface area contributed by atoms with Crippen LogP contribution in [0.25, 0.3) is 0 Å². The molecule has 0 bridgehead atoms. The minimum Gasteiger partial charge on any atom is -0.462 e. The molecule has 2 rings (SSSR count). The number of ether oxygens (including phenoxy) is 1. The van der Waals surface area contributed by atoms with Crippen LogP contribution in [0.5, 0.6) is 0 Å². The average molecular weight is 457 g/mol. The van der Waals surface area contributed by atoms with Crippen LogP contribution in [-0.4, -0.2) is 36.5 Å². The van der Waals surface area contributed by atoms with Crippen LogP contribution in [0.4, 0.5) is 18.9 Å². The van der Waals surface area contributed by atoms with E-state index in [2.05, 4.69) is 4.99 Å². The Balaban J connectivity index is 2.33. The number of hydrogen-bond acceptors (Lipinski definition) is 5. The Hall–Kier alpha value is -2.45. The molecule has 2 N–H and O–H groups in total. The maximum Gasteiger partial charge on any atom is 0.430 e. The number of esters is 1. The van der Waals surface area contributed by atoms with Crippen molar-refractivity contribution < 1.29 is 22.7 Å². The quantitative estimate of drug-likeness (QED) is 0.311. The number of para-hydroxylation sites is 1. The second kappa shape index (κ2) is 11.1. The van der Waals surface area contributed by atoms with Gasteiger partial charge in [0.1, 0.15) is 5.70 Å². The van der Waals surface area contributed by atoms with Gasteiger partial charge in [0.15, 0.2) is 0 Å². The van der Waals surface area contributed by atoms with Crippen LogP contribution in [0.2, 0.25) is 5.02 Å². The topological polar surface area (TPSA) is 64.7 Å². The van der Waals surface area contributed by atoms with Crippen LogP contribution < -0.4 is 5.73 Å². The number of alkyl halides is 3. The zero-order valence-electron chi connectivity index (χ0n) is 16.1. The fraction of sp³-hybridized carbons (Fsp3) is 0.238. The van der Waals surface area contributed by atoms with Gasteiger partial charge in [0.05, 0.1) is 28.6 Å². The van der Waals surface area contributed by atoms with Crippen molar-refractivity contribution in [1.82, 2.24) is 0 Å². The number of aliphatic imine (C=N–C) groups is 1. The molecule has 0 aliphatic rings. The lowest BCUT2D eigenvalue weighted by Gasteiger charge is -2.10. The first-order valence-electron chi connectivity index (χ1n) is 8.86. The summed E-state index contributed by atoms with van der Waals surface area (Å²) >= 11 is 7.73. The Morgan fingerprint density at radius 3 is 2.40 bits per heavy atom. The fourth-order valence-electron chi connectivity index (χ4n) is 2.31. The lowest BCUT2D eigenvalue weighted by atomic mass is 10.1. The van der Waals surface area contributed by atoms with Gasteiger partial charge in [0.25, 0.3) is 0 Å². The number of nitrogens with two attached hydrogens (primary N) is 1. The van der Waals surface area contributed by atoms with Crippen molar-refractivity contribution >= 4 is 40.7 Å². The number of nitrogens with zero attached hydrogens (tertiary/aromatic N) is 1. The van der Waals surface area contributed by atoms with E-state index in [1.54, 1.807) is 36.0 Å². The summed E-state index contributed by atoms with van der Waals surface area (Å²) < 4.78 is 44.0. The first-order chi connectivity index (χ1) is 14.2. The number of thioether (sulfide) groups is 1. The number of halogens is 4. The van der Waals surface area contributed by atoms with Crippen LogP contribution in [-0.2, 0) is 4.74 Å². The molecule has 0 aliphatic carbocycles. The van der Waals surface area contributed by atoms with Crippen LogP contribution in [0.15, 0.2) is 65.3 Å². The molecule has 0 unspecified atom stereocenters. The molecule has 0 atom stereocenters. The number of rotatable bonds is 8. The number of benzene rings is 2. The highest BCUT2D eigenvalue weighted by atomic mass is 35.5. The van der Waals surface area contributed by atoms with Gasteiger partial charge in [-0.3, -0.25) is 0 Å². The monoisotopic (exact) mass is 456 g/mol. The van der Waals surface area contributed by atoms with Crippen molar-refractivity contribution in [2.24, 2.45) is 10.7 Å². The maximum absolute atomic E-state index is 12.9. The van der Waals surface area contributed by atoms with Gasteiger partial charge in [0, 0.05) is 5.56 Å². The normalized spacial score (nSPS) is 12.7. The standard InChI is InChI=1S/C21H20ClF3N2O2S/c1-30-12-4-11-29-20(28)15-9-7-14(8-10-15)18(13-19(26)21(23,24)25)27-17-6-3-2-5-16(17)22/h2-3,5-10,13H,4,11-12,26H2,1H3. The molecule has 0 heterocycles. The maximum atomic E-state index is 12.9. The Morgan fingerprint density at radius 2 is 1.80 bits per heavy atom. The van der Waals surface area contributed by atoms with Crippen LogP contribution in [0, 0.1) is 0 Å². The Bertz CT molecular complexity index is 929. The lowest BCUT2D eigenvalue weighted by Crippen LogP contribution is -2.21. The zero-order valence-corrected chi connectivity index (χ0v) is 17.7. The van der Waals surface area contributed by atoms with Crippen LogP contribution in [0.1, 0.15) is 22.3 Å². The molecule has 160 valence electrons. The van der Waals surface area contributed by atoms with E-state index in [-0.39, 0.29) is 22.0 Å². The molecule has 0 radical (unpaired) electrons. The number of allylic oxidation sites excluding steroid dienone is 2. The van der Waals surface area contributed by atoms with Gasteiger partial charge in [0.2, 0.25) is 0 Å². The zero-order chi connectivity index (χ0) is 22.1. The molecule has 0 saturated carbocycles. The smallest absolute Gasteiger partial charge is 0.430 e. The first kappa shape index (κ1) is 23.8.